The van der Waals surface area contributed by atoms with E-state index in [1.54, 1.807) is 0 Å². The molecule has 1 aromatic carbocycles. The first-order valence-electron chi connectivity index (χ1n) is 8.02. The third-order valence-electron chi connectivity index (χ3n) is 4.58. The molecule has 0 radical (unpaired) electrons. The summed E-state index contributed by atoms with van der Waals surface area (Å²) in [6, 6.07) is 9.59. The number of hydrogen-bond acceptors (Lipinski definition) is 5. The molecule has 0 bridgehead atoms. The molecule has 5 nitrogen and oxygen atoms in total. The summed E-state index contributed by atoms with van der Waals surface area (Å²) in [5.41, 5.74) is -0.196. The van der Waals surface area contributed by atoms with Gasteiger partial charge in [-0.05, 0) is 19.1 Å². The van der Waals surface area contributed by atoms with E-state index < -0.39 is 6.10 Å². The van der Waals surface area contributed by atoms with E-state index in [1.165, 1.54) is 0 Å². The zero-order chi connectivity index (χ0) is 15.4. The number of nitrogens with zero attached hydrogens (tertiary/aromatic N) is 1. The molecule has 2 aliphatic heterocycles. The van der Waals surface area contributed by atoms with Gasteiger partial charge in [0.1, 0.15) is 24.1 Å². The Morgan fingerprint density at radius 1 is 1.36 bits per heavy atom. The van der Waals surface area contributed by atoms with Crippen LogP contribution >= 0.6 is 0 Å². The van der Waals surface area contributed by atoms with Crippen molar-refractivity contribution >= 4 is 0 Å². The molecular formula is C17H25NO4. The standard InChI is InChI=1S/C17H25NO4/c1-14-17(7-9-20-14)13-18(8-10-22-17)11-15(19)12-21-16-5-3-2-4-6-16/h2-6,14-15,19H,7-13H2,1H3/t14-,15-,17-/m0/s1. The highest BCUT2D eigenvalue weighted by atomic mass is 16.6. The highest BCUT2D eigenvalue weighted by Gasteiger charge is 2.46. The van der Waals surface area contributed by atoms with E-state index in [1.807, 2.05) is 30.3 Å². The summed E-state index contributed by atoms with van der Waals surface area (Å²) in [6.07, 6.45) is 0.544. The molecule has 5 heteroatoms. The summed E-state index contributed by atoms with van der Waals surface area (Å²) in [5.74, 6) is 0.790. The summed E-state index contributed by atoms with van der Waals surface area (Å²) >= 11 is 0. The SMILES string of the molecule is C[C@@H]1OCC[C@]12CN(C[C@H](O)COc1ccccc1)CCO2. The van der Waals surface area contributed by atoms with Gasteiger partial charge in [-0.25, -0.2) is 0 Å². The molecule has 3 atom stereocenters. The lowest BCUT2D eigenvalue weighted by Gasteiger charge is -2.42. The zero-order valence-electron chi connectivity index (χ0n) is 13.1. The molecule has 122 valence electrons. The molecule has 1 aromatic rings. The average molecular weight is 307 g/mol. The number of aliphatic hydroxyl groups excluding tert-OH is 1. The molecule has 1 spiro atoms. The minimum atomic E-state index is -0.506. The van der Waals surface area contributed by atoms with Gasteiger partial charge in [-0.2, -0.15) is 0 Å². The molecule has 1 N–H and O–H groups in total. The molecule has 0 saturated carbocycles. The van der Waals surface area contributed by atoms with Crippen LogP contribution in [0.5, 0.6) is 5.75 Å². The lowest BCUT2D eigenvalue weighted by molar-refractivity contribution is -0.140. The molecule has 3 rings (SSSR count). The predicted molar refractivity (Wildman–Crippen MR) is 83.1 cm³/mol. The Morgan fingerprint density at radius 3 is 2.91 bits per heavy atom. The summed E-state index contributed by atoms with van der Waals surface area (Å²) in [5, 5.41) is 10.2. The molecular weight excluding hydrogens is 282 g/mol. The Balaban J connectivity index is 1.48. The van der Waals surface area contributed by atoms with Gasteiger partial charge in [0.25, 0.3) is 0 Å². The van der Waals surface area contributed by atoms with Gasteiger partial charge in [-0.15, -0.1) is 0 Å². The summed E-state index contributed by atoms with van der Waals surface area (Å²) in [4.78, 5) is 2.26. The summed E-state index contributed by atoms with van der Waals surface area (Å²) in [7, 11) is 0. The number of aliphatic hydroxyl groups is 1. The smallest absolute Gasteiger partial charge is 0.119 e. The molecule has 2 fully saturated rings. The van der Waals surface area contributed by atoms with Crippen molar-refractivity contribution in [2.45, 2.75) is 31.2 Å². The van der Waals surface area contributed by atoms with Gasteiger partial charge in [0.05, 0.1) is 12.7 Å². The van der Waals surface area contributed by atoms with Crippen LogP contribution in [0.3, 0.4) is 0 Å². The number of morpholine rings is 1. The van der Waals surface area contributed by atoms with Gasteiger partial charge in [-0.1, -0.05) is 18.2 Å². The Labute approximate surface area is 131 Å². The van der Waals surface area contributed by atoms with Crippen LogP contribution in [0.25, 0.3) is 0 Å². The predicted octanol–water partition coefficient (Wildman–Crippen LogP) is 1.31. The Morgan fingerprint density at radius 2 is 2.18 bits per heavy atom. The second-order valence-corrected chi connectivity index (χ2v) is 6.19. The van der Waals surface area contributed by atoms with Crippen LogP contribution < -0.4 is 4.74 Å². The van der Waals surface area contributed by atoms with Crippen molar-refractivity contribution in [3.63, 3.8) is 0 Å². The molecule has 2 aliphatic rings. The highest BCUT2D eigenvalue weighted by molar-refractivity contribution is 5.20. The van der Waals surface area contributed by atoms with Gasteiger partial charge in [0.2, 0.25) is 0 Å². The average Bonchev–Trinajstić information content (AvgIpc) is 2.87. The lowest BCUT2D eigenvalue weighted by Crippen LogP contribution is -2.56. The maximum absolute atomic E-state index is 10.2. The first kappa shape index (κ1) is 15.7. The minimum absolute atomic E-state index is 0.119. The van der Waals surface area contributed by atoms with E-state index in [2.05, 4.69) is 11.8 Å². The van der Waals surface area contributed by atoms with Crippen LogP contribution in [0.4, 0.5) is 0 Å². The van der Waals surface area contributed by atoms with E-state index in [9.17, 15) is 5.11 Å². The monoisotopic (exact) mass is 307 g/mol. The van der Waals surface area contributed by atoms with Gasteiger partial charge < -0.3 is 19.3 Å². The Kier molecular flexibility index (Phi) is 4.98. The van der Waals surface area contributed by atoms with Crippen LogP contribution in [0.1, 0.15) is 13.3 Å². The fraction of sp³-hybridized carbons (Fsp3) is 0.647. The van der Waals surface area contributed by atoms with E-state index in [-0.39, 0.29) is 11.7 Å². The molecule has 0 unspecified atom stereocenters. The second kappa shape index (κ2) is 6.96. The van der Waals surface area contributed by atoms with Crippen LogP contribution in [0.15, 0.2) is 30.3 Å². The summed E-state index contributed by atoms with van der Waals surface area (Å²) < 4.78 is 17.3. The van der Waals surface area contributed by atoms with Gasteiger partial charge >= 0.3 is 0 Å². The van der Waals surface area contributed by atoms with Gasteiger partial charge in [0, 0.05) is 32.7 Å². The molecule has 22 heavy (non-hydrogen) atoms. The summed E-state index contributed by atoms with van der Waals surface area (Å²) in [6.45, 7) is 6.10. The van der Waals surface area contributed by atoms with E-state index in [0.717, 1.165) is 31.9 Å². The van der Waals surface area contributed by atoms with Crippen molar-refractivity contribution in [1.82, 2.24) is 4.90 Å². The number of β-amino-alcohol motifs (C(OH)–C–C–N with tert-alkyl or cyclic N) is 1. The highest BCUT2D eigenvalue weighted by Crippen LogP contribution is 2.33. The quantitative estimate of drug-likeness (QED) is 0.889. The van der Waals surface area contributed by atoms with Crippen LogP contribution in [-0.4, -0.2) is 67.3 Å². The van der Waals surface area contributed by atoms with E-state index in [0.29, 0.717) is 19.8 Å². The number of rotatable bonds is 5. The van der Waals surface area contributed by atoms with Crippen LogP contribution in [-0.2, 0) is 9.47 Å². The van der Waals surface area contributed by atoms with Gasteiger partial charge in [-0.3, -0.25) is 4.90 Å². The Hall–Kier alpha value is -1.14. The molecule has 2 heterocycles. The normalized spacial score (nSPS) is 30.5. The zero-order valence-corrected chi connectivity index (χ0v) is 13.1. The lowest BCUT2D eigenvalue weighted by atomic mass is 9.94. The molecule has 0 aliphatic carbocycles. The van der Waals surface area contributed by atoms with Crippen molar-refractivity contribution in [2.75, 3.05) is 39.5 Å². The number of benzene rings is 1. The minimum Gasteiger partial charge on any atom is -0.491 e. The van der Waals surface area contributed by atoms with Crippen molar-refractivity contribution < 1.29 is 19.3 Å². The molecule has 0 amide bonds. The van der Waals surface area contributed by atoms with Crippen LogP contribution in [0, 0.1) is 0 Å². The maximum atomic E-state index is 10.2. The Bertz CT molecular complexity index is 469. The number of para-hydroxylation sites is 1. The first-order chi connectivity index (χ1) is 10.7. The van der Waals surface area contributed by atoms with Crippen molar-refractivity contribution in [2.24, 2.45) is 0 Å². The van der Waals surface area contributed by atoms with E-state index in [4.69, 9.17) is 14.2 Å². The first-order valence-corrected chi connectivity index (χ1v) is 8.02. The molecule has 0 aromatic heterocycles. The second-order valence-electron chi connectivity index (χ2n) is 6.19. The topological polar surface area (TPSA) is 51.2 Å². The van der Waals surface area contributed by atoms with Crippen LogP contribution in [0.2, 0.25) is 0 Å². The largest absolute Gasteiger partial charge is 0.491 e. The fourth-order valence-electron chi connectivity index (χ4n) is 3.26. The number of ether oxygens (including phenoxy) is 3. The van der Waals surface area contributed by atoms with Crippen molar-refractivity contribution in [3.05, 3.63) is 30.3 Å². The number of hydrogen-bond donors (Lipinski definition) is 1. The van der Waals surface area contributed by atoms with Crippen molar-refractivity contribution in [1.29, 1.82) is 0 Å². The third kappa shape index (κ3) is 3.60. The fourth-order valence-corrected chi connectivity index (χ4v) is 3.26. The van der Waals surface area contributed by atoms with Crippen molar-refractivity contribution in [3.8, 4) is 5.75 Å². The third-order valence-corrected chi connectivity index (χ3v) is 4.58. The molecule has 2 saturated heterocycles. The van der Waals surface area contributed by atoms with E-state index >= 15 is 0 Å². The maximum Gasteiger partial charge on any atom is 0.119 e. The van der Waals surface area contributed by atoms with Gasteiger partial charge in [0.15, 0.2) is 0 Å².